The van der Waals surface area contributed by atoms with E-state index >= 15 is 0 Å². The molecule has 104 valence electrons. The smallest absolute Gasteiger partial charge is 0.152 e. The molecule has 0 aliphatic carbocycles. The van der Waals surface area contributed by atoms with Gasteiger partial charge < -0.3 is 5.73 Å². The minimum atomic E-state index is -2.89. The molecule has 1 fully saturated rings. The molecule has 1 aromatic carbocycles. The highest BCUT2D eigenvalue weighted by Crippen LogP contribution is 2.14. The molecule has 0 unspecified atom stereocenters. The Kier molecular flexibility index (Phi) is 4.17. The van der Waals surface area contributed by atoms with Gasteiger partial charge in [0.05, 0.1) is 11.5 Å². The van der Waals surface area contributed by atoms with Gasteiger partial charge in [-0.2, -0.15) is 0 Å². The lowest BCUT2D eigenvalue weighted by Gasteiger charge is -2.26. The Balaban J connectivity index is 2.09. The highest BCUT2D eigenvalue weighted by Gasteiger charge is 2.21. The summed E-state index contributed by atoms with van der Waals surface area (Å²) >= 11 is 4.83. The molecule has 2 N–H and O–H groups in total. The van der Waals surface area contributed by atoms with Crippen LogP contribution in [0.15, 0.2) is 18.2 Å². The number of sulfone groups is 1. The Morgan fingerprint density at radius 2 is 1.95 bits per heavy atom. The van der Waals surface area contributed by atoms with Gasteiger partial charge in [0.15, 0.2) is 9.84 Å². The fourth-order valence-electron chi connectivity index (χ4n) is 2.05. The van der Waals surface area contributed by atoms with Gasteiger partial charge in [-0.05, 0) is 23.8 Å². The average Bonchev–Trinajstić information content (AvgIpc) is 2.31. The minimum absolute atomic E-state index is 0.155. The van der Waals surface area contributed by atoms with Crippen molar-refractivity contribution < 1.29 is 12.8 Å². The molecule has 0 amide bonds. The molecular formula is C12H15FN2O2S2. The maximum atomic E-state index is 13.4. The van der Waals surface area contributed by atoms with Gasteiger partial charge in [0.1, 0.15) is 10.8 Å². The maximum absolute atomic E-state index is 13.4. The zero-order valence-corrected chi connectivity index (χ0v) is 11.9. The number of nitrogens with zero attached hydrogens (tertiary/aromatic N) is 1. The van der Waals surface area contributed by atoms with Crippen LogP contribution in [0.25, 0.3) is 0 Å². The van der Waals surface area contributed by atoms with E-state index in [9.17, 15) is 12.8 Å². The number of hydrogen-bond acceptors (Lipinski definition) is 4. The van der Waals surface area contributed by atoms with E-state index in [0.717, 1.165) is 5.56 Å². The molecule has 4 nitrogen and oxygen atoms in total. The third kappa shape index (κ3) is 3.95. The molecule has 2 rings (SSSR count). The lowest BCUT2D eigenvalue weighted by Crippen LogP contribution is -2.39. The van der Waals surface area contributed by atoms with E-state index in [1.807, 2.05) is 4.90 Å². The summed E-state index contributed by atoms with van der Waals surface area (Å²) in [5.41, 5.74) is 6.74. The van der Waals surface area contributed by atoms with Gasteiger partial charge in [-0.1, -0.05) is 12.2 Å². The van der Waals surface area contributed by atoms with Gasteiger partial charge in [0, 0.05) is 25.2 Å². The molecule has 1 aromatic rings. The van der Waals surface area contributed by atoms with Gasteiger partial charge in [-0.15, -0.1) is 0 Å². The highest BCUT2D eigenvalue weighted by molar-refractivity contribution is 7.91. The zero-order valence-electron chi connectivity index (χ0n) is 10.3. The van der Waals surface area contributed by atoms with Crippen molar-refractivity contribution in [3.63, 3.8) is 0 Å². The molecule has 1 heterocycles. The monoisotopic (exact) mass is 302 g/mol. The molecular weight excluding hydrogens is 287 g/mol. The number of nitrogens with two attached hydrogens (primary N) is 1. The van der Waals surface area contributed by atoms with E-state index in [1.54, 1.807) is 6.07 Å². The van der Waals surface area contributed by atoms with Crippen LogP contribution in [-0.2, 0) is 16.4 Å². The summed E-state index contributed by atoms with van der Waals surface area (Å²) in [6.45, 7) is 1.45. The fraction of sp³-hybridized carbons (Fsp3) is 0.417. The lowest BCUT2D eigenvalue weighted by atomic mass is 10.1. The summed E-state index contributed by atoms with van der Waals surface area (Å²) in [6.07, 6.45) is 0. The second kappa shape index (κ2) is 5.52. The first kappa shape index (κ1) is 14.4. The summed E-state index contributed by atoms with van der Waals surface area (Å²) in [4.78, 5) is 2.14. The molecule has 19 heavy (non-hydrogen) atoms. The first-order valence-corrected chi connectivity index (χ1v) is 8.11. The Morgan fingerprint density at radius 1 is 1.32 bits per heavy atom. The van der Waals surface area contributed by atoms with Gasteiger partial charge in [-0.25, -0.2) is 12.8 Å². The zero-order chi connectivity index (χ0) is 14.0. The molecule has 0 bridgehead atoms. The van der Waals surface area contributed by atoms with E-state index in [4.69, 9.17) is 18.0 Å². The quantitative estimate of drug-likeness (QED) is 0.832. The van der Waals surface area contributed by atoms with Crippen LogP contribution in [0.1, 0.15) is 11.1 Å². The van der Waals surface area contributed by atoms with Crippen LogP contribution in [0.5, 0.6) is 0 Å². The minimum Gasteiger partial charge on any atom is -0.389 e. The van der Waals surface area contributed by atoms with Crippen LogP contribution >= 0.6 is 12.2 Å². The van der Waals surface area contributed by atoms with Crippen molar-refractivity contribution in [3.8, 4) is 0 Å². The van der Waals surface area contributed by atoms with Crippen molar-refractivity contribution >= 4 is 27.0 Å². The molecule has 1 aliphatic rings. The van der Waals surface area contributed by atoms with Crippen LogP contribution in [-0.4, -0.2) is 42.9 Å². The van der Waals surface area contributed by atoms with Crippen LogP contribution in [0.2, 0.25) is 0 Å². The second-order valence-electron chi connectivity index (χ2n) is 4.64. The van der Waals surface area contributed by atoms with Crippen molar-refractivity contribution in [2.45, 2.75) is 6.54 Å². The van der Waals surface area contributed by atoms with Crippen molar-refractivity contribution in [2.75, 3.05) is 24.6 Å². The molecule has 7 heteroatoms. The molecule has 0 aromatic heterocycles. The predicted octanol–water partition coefficient (Wildman–Crippen LogP) is 0.690. The molecule has 1 saturated heterocycles. The van der Waals surface area contributed by atoms with E-state index in [0.29, 0.717) is 25.2 Å². The fourth-order valence-corrected chi connectivity index (χ4v) is 3.45. The Labute approximate surface area is 117 Å². The first-order chi connectivity index (χ1) is 8.85. The Morgan fingerprint density at radius 3 is 2.53 bits per heavy atom. The van der Waals surface area contributed by atoms with Crippen molar-refractivity contribution in [2.24, 2.45) is 5.73 Å². The number of hydrogen-bond donors (Lipinski definition) is 1. The highest BCUT2D eigenvalue weighted by atomic mass is 32.2. The molecule has 0 atom stereocenters. The SMILES string of the molecule is NC(=S)c1cc(F)cc(CN2CCS(=O)(=O)CC2)c1. The van der Waals surface area contributed by atoms with Crippen LogP contribution in [0.4, 0.5) is 4.39 Å². The molecule has 1 aliphatic heterocycles. The predicted molar refractivity (Wildman–Crippen MR) is 76.2 cm³/mol. The Bertz CT molecular complexity index is 588. The standard InChI is InChI=1S/C12H15FN2O2S2/c13-11-6-9(5-10(7-11)12(14)18)8-15-1-3-19(16,17)4-2-15/h5-7H,1-4,8H2,(H2,14,18). The van der Waals surface area contributed by atoms with Crippen LogP contribution in [0, 0.1) is 5.82 Å². The molecule has 0 saturated carbocycles. The van der Waals surface area contributed by atoms with E-state index < -0.39 is 9.84 Å². The largest absolute Gasteiger partial charge is 0.389 e. The normalized spacial score (nSPS) is 19.2. The van der Waals surface area contributed by atoms with E-state index in [-0.39, 0.29) is 22.3 Å². The number of rotatable bonds is 3. The average molecular weight is 302 g/mol. The number of halogens is 1. The third-order valence-electron chi connectivity index (χ3n) is 3.09. The third-order valence-corrected chi connectivity index (χ3v) is 4.93. The Hall–Kier alpha value is -1.05. The summed E-state index contributed by atoms with van der Waals surface area (Å²) in [5, 5.41) is 0. The summed E-state index contributed by atoms with van der Waals surface area (Å²) in [5.74, 6) is -0.0699. The number of thiocarbonyl (C=S) groups is 1. The van der Waals surface area contributed by atoms with Gasteiger partial charge in [-0.3, -0.25) is 4.90 Å². The first-order valence-electron chi connectivity index (χ1n) is 5.88. The van der Waals surface area contributed by atoms with Crippen LogP contribution < -0.4 is 5.73 Å². The number of benzene rings is 1. The lowest BCUT2D eigenvalue weighted by molar-refractivity contribution is 0.287. The second-order valence-corrected chi connectivity index (χ2v) is 7.38. The summed E-state index contributed by atoms with van der Waals surface area (Å²) in [6, 6.07) is 4.46. The summed E-state index contributed by atoms with van der Waals surface area (Å²) < 4.78 is 36.1. The van der Waals surface area contributed by atoms with E-state index in [2.05, 4.69) is 0 Å². The van der Waals surface area contributed by atoms with Crippen molar-refractivity contribution in [1.29, 1.82) is 0 Å². The molecule has 0 spiro atoms. The van der Waals surface area contributed by atoms with Crippen LogP contribution in [0.3, 0.4) is 0 Å². The topological polar surface area (TPSA) is 63.4 Å². The maximum Gasteiger partial charge on any atom is 0.152 e. The van der Waals surface area contributed by atoms with Gasteiger partial charge in [0.2, 0.25) is 0 Å². The van der Waals surface area contributed by atoms with Gasteiger partial charge in [0.25, 0.3) is 0 Å². The van der Waals surface area contributed by atoms with Crippen molar-refractivity contribution in [1.82, 2.24) is 4.90 Å². The van der Waals surface area contributed by atoms with Gasteiger partial charge >= 0.3 is 0 Å². The molecule has 0 radical (unpaired) electrons. The van der Waals surface area contributed by atoms with E-state index in [1.165, 1.54) is 12.1 Å². The summed E-state index contributed by atoms with van der Waals surface area (Å²) in [7, 11) is -2.89. The van der Waals surface area contributed by atoms with Crippen molar-refractivity contribution in [3.05, 3.63) is 35.1 Å².